The summed E-state index contributed by atoms with van der Waals surface area (Å²) in [7, 11) is 0. The Morgan fingerprint density at radius 3 is 3.06 bits per heavy atom. The van der Waals surface area contributed by atoms with E-state index < -0.39 is 0 Å². The number of carbonyl (C=O) groups is 1. The van der Waals surface area contributed by atoms with Gasteiger partial charge in [-0.3, -0.25) is 4.79 Å². The maximum atomic E-state index is 12.6. The first-order valence-corrected chi connectivity index (χ1v) is 6.90. The molecule has 3 rings (SSSR count). The third kappa shape index (κ3) is 1.93. The molecule has 2 aliphatic rings. The number of nitrogens with one attached hydrogen (secondary N) is 1. The second kappa shape index (κ2) is 4.73. The lowest BCUT2D eigenvalue weighted by Crippen LogP contribution is -2.46. The van der Waals surface area contributed by atoms with Crippen LogP contribution in [0, 0.1) is 6.92 Å². The second-order valence-corrected chi connectivity index (χ2v) is 5.33. The number of benzene rings is 1. The zero-order valence-electron chi connectivity index (χ0n) is 10.9. The van der Waals surface area contributed by atoms with Gasteiger partial charge in [-0.25, -0.2) is 0 Å². The molecule has 1 atom stereocenters. The van der Waals surface area contributed by atoms with Crippen LogP contribution >= 0.6 is 0 Å². The van der Waals surface area contributed by atoms with Crippen LogP contribution in [0.1, 0.15) is 30.4 Å². The molecule has 0 radical (unpaired) electrons. The van der Waals surface area contributed by atoms with E-state index in [1.807, 2.05) is 4.90 Å². The topological polar surface area (TPSA) is 32.3 Å². The van der Waals surface area contributed by atoms with Crippen LogP contribution in [0.3, 0.4) is 0 Å². The van der Waals surface area contributed by atoms with E-state index in [4.69, 9.17) is 0 Å². The highest BCUT2D eigenvalue weighted by molar-refractivity contribution is 5.99. The number of aryl methyl sites for hydroxylation is 2. The summed E-state index contributed by atoms with van der Waals surface area (Å²) in [4.78, 5) is 14.6. The minimum atomic E-state index is 0.0376. The first-order chi connectivity index (χ1) is 8.77. The molecule has 0 aliphatic carbocycles. The molecular formula is C15H20N2O. The van der Waals surface area contributed by atoms with E-state index in [-0.39, 0.29) is 11.9 Å². The molecule has 1 unspecified atom stereocenters. The standard InChI is InChI=1S/C15H20N2O/c1-11-5-2-6-12-7-4-10-17(14(11)12)15(18)13-8-3-9-16-13/h2,5-6,13,16H,3-4,7-10H2,1H3. The smallest absolute Gasteiger partial charge is 0.244 e. The summed E-state index contributed by atoms with van der Waals surface area (Å²) in [5.41, 5.74) is 3.72. The highest BCUT2D eigenvalue weighted by Crippen LogP contribution is 2.31. The van der Waals surface area contributed by atoms with Crippen LogP contribution in [0.25, 0.3) is 0 Å². The van der Waals surface area contributed by atoms with Gasteiger partial charge in [-0.1, -0.05) is 18.2 Å². The van der Waals surface area contributed by atoms with E-state index in [2.05, 4.69) is 30.4 Å². The molecule has 1 aromatic rings. The Kier molecular flexibility index (Phi) is 3.08. The van der Waals surface area contributed by atoms with E-state index >= 15 is 0 Å². The van der Waals surface area contributed by atoms with Gasteiger partial charge >= 0.3 is 0 Å². The van der Waals surface area contributed by atoms with Crippen molar-refractivity contribution in [3.8, 4) is 0 Å². The molecule has 96 valence electrons. The lowest BCUT2D eigenvalue weighted by Gasteiger charge is -2.32. The van der Waals surface area contributed by atoms with Gasteiger partial charge in [0, 0.05) is 12.2 Å². The van der Waals surface area contributed by atoms with Crippen LogP contribution < -0.4 is 10.2 Å². The number of carbonyl (C=O) groups excluding carboxylic acids is 1. The Hall–Kier alpha value is -1.35. The minimum absolute atomic E-state index is 0.0376. The predicted molar refractivity (Wildman–Crippen MR) is 72.9 cm³/mol. The molecule has 3 heteroatoms. The fourth-order valence-corrected chi connectivity index (χ4v) is 3.15. The van der Waals surface area contributed by atoms with Crippen LogP contribution in [0.5, 0.6) is 0 Å². The third-order valence-corrected chi connectivity index (χ3v) is 4.04. The predicted octanol–water partition coefficient (Wildman–Crippen LogP) is 2.03. The molecule has 1 saturated heterocycles. The third-order valence-electron chi connectivity index (χ3n) is 4.04. The van der Waals surface area contributed by atoms with Gasteiger partial charge in [0.1, 0.15) is 0 Å². The number of fused-ring (bicyclic) bond motifs is 1. The zero-order chi connectivity index (χ0) is 12.5. The molecule has 1 fully saturated rings. The Morgan fingerprint density at radius 1 is 1.39 bits per heavy atom. The Labute approximate surface area is 108 Å². The summed E-state index contributed by atoms with van der Waals surface area (Å²) in [5.74, 6) is 0.266. The summed E-state index contributed by atoms with van der Waals surface area (Å²) in [6.07, 6.45) is 4.27. The largest absolute Gasteiger partial charge is 0.311 e. The first-order valence-electron chi connectivity index (χ1n) is 6.90. The quantitative estimate of drug-likeness (QED) is 0.819. The summed E-state index contributed by atoms with van der Waals surface area (Å²) in [6, 6.07) is 6.39. The normalized spacial score (nSPS) is 22.9. The fraction of sp³-hybridized carbons (Fsp3) is 0.533. The molecule has 0 saturated carbocycles. The number of amides is 1. The van der Waals surface area contributed by atoms with Gasteiger partial charge in [-0.2, -0.15) is 0 Å². The Morgan fingerprint density at radius 2 is 2.28 bits per heavy atom. The van der Waals surface area contributed by atoms with E-state index in [0.29, 0.717) is 0 Å². The van der Waals surface area contributed by atoms with Crippen LogP contribution in [0.4, 0.5) is 5.69 Å². The maximum Gasteiger partial charge on any atom is 0.244 e. The van der Waals surface area contributed by atoms with Gasteiger partial charge in [0.2, 0.25) is 5.91 Å². The van der Waals surface area contributed by atoms with Crippen LogP contribution in [-0.2, 0) is 11.2 Å². The molecule has 0 bridgehead atoms. The summed E-state index contributed by atoms with van der Waals surface area (Å²) < 4.78 is 0. The number of para-hydroxylation sites is 1. The van der Waals surface area contributed by atoms with Crippen molar-refractivity contribution in [2.24, 2.45) is 0 Å². The van der Waals surface area contributed by atoms with E-state index in [1.54, 1.807) is 0 Å². The van der Waals surface area contributed by atoms with Crippen molar-refractivity contribution in [3.63, 3.8) is 0 Å². The zero-order valence-corrected chi connectivity index (χ0v) is 10.9. The van der Waals surface area contributed by atoms with Gasteiger partial charge in [0.25, 0.3) is 0 Å². The van der Waals surface area contributed by atoms with E-state index in [1.165, 1.54) is 16.8 Å². The van der Waals surface area contributed by atoms with Crippen molar-refractivity contribution in [2.45, 2.75) is 38.6 Å². The highest BCUT2D eigenvalue weighted by Gasteiger charge is 2.30. The van der Waals surface area contributed by atoms with Gasteiger partial charge in [-0.15, -0.1) is 0 Å². The van der Waals surface area contributed by atoms with Crippen molar-refractivity contribution in [1.29, 1.82) is 0 Å². The van der Waals surface area contributed by atoms with Crippen LogP contribution in [0.2, 0.25) is 0 Å². The summed E-state index contributed by atoms with van der Waals surface area (Å²) in [6.45, 7) is 3.95. The Bertz CT molecular complexity index is 464. The highest BCUT2D eigenvalue weighted by atomic mass is 16.2. The monoisotopic (exact) mass is 244 g/mol. The van der Waals surface area contributed by atoms with Crippen molar-refractivity contribution >= 4 is 11.6 Å². The van der Waals surface area contributed by atoms with Crippen molar-refractivity contribution < 1.29 is 4.79 Å². The molecule has 2 heterocycles. The van der Waals surface area contributed by atoms with Gasteiger partial charge in [0.05, 0.1) is 6.04 Å². The van der Waals surface area contributed by atoms with Crippen molar-refractivity contribution in [2.75, 3.05) is 18.0 Å². The van der Waals surface area contributed by atoms with Crippen LogP contribution in [-0.4, -0.2) is 25.0 Å². The molecule has 1 N–H and O–H groups in total. The van der Waals surface area contributed by atoms with E-state index in [9.17, 15) is 4.79 Å². The second-order valence-electron chi connectivity index (χ2n) is 5.33. The number of anilines is 1. The molecule has 0 spiro atoms. The number of hydrogen-bond donors (Lipinski definition) is 1. The molecule has 0 aromatic heterocycles. The first kappa shape index (κ1) is 11.7. The lowest BCUT2D eigenvalue weighted by molar-refractivity contribution is -0.120. The van der Waals surface area contributed by atoms with Crippen molar-refractivity contribution in [3.05, 3.63) is 29.3 Å². The summed E-state index contributed by atoms with van der Waals surface area (Å²) in [5, 5.41) is 3.31. The average Bonchev–Trinajstić information content (AvgIpc) is 2.91. The molecule has 2 aliphatic heterocycles. The van der Waals surface area contributed by atoms with Gasteiger partial charge in [0.15, 0.2) is 0 Å². The molecule has 1 aromatic carbocycles. The average molecular weight is 244 g/mol. The molecule has 18 heavy (non-hydrogen) atoms. The number of rotatable bonds is 1. The molecular weight excluding hydrogens is 224 g/mol. The Balaban J connectivity index is 1.93. The minimum Gasteiger partial charge on any atom is -0.311 e. The van der Waals surface area contributed by atoms with Gasteiger partial charge in [-0.05, 0) is 50.3 Å². The fourth-order valence-electron chi connectivity index (χ4n) is 3.15. The molecule has 1 amide bonds. The lowest BCUT2D eigenvalue weighted by atomic mass is 9.97. The molecule has 3 nitrogen and oxygen atoms in total. The number of hydrogen-bond acceptors (Lipinski definition) is 2. The van der Waals surface area contributed by atoms with E-state index in [0.717, 1.165) is 38.8 Å². The van der Waals surface area contributed by atoms with Crippen LogP contribution in [0.15, 0.2) is 18.2 Å². The maximum absolute atomic E-state index is 12.6. The van der Waals surface area contributed by atoms with Gasteiger partial charge < -0.3 is 10.2 Å². The SMILES string of the molecule is Cc1cccc2c1N(C(=O)C1CCCN1)CCC2. The number of nitrogens with zero attached hydrogens (tertiary/aromatic N) is 1. The summed E-state index contributed by atoms with van der Waals surface area (Å²) >= 11 is 0. The van der Waals surface area contributed by atoms with Crippen molar-refractivity contribution in [1.82, 2.24) is 5.32 Å².